The van der Waals surface area contributed by atoms with Gasteiger partial charge in [0.25, 0.3) is 17.7 Å². The van der Waals surface area contributed by atoms with Crippen LogP contribution in [0.4, 0.5) is 11.5 Å². The number of likely N-dealkylation sites (tertiary alicyclic amines) is 1. The molecule has 3 N–H and O–H groups in total. The third kappa shape index (κ3) is 6.40. The van der Waals surface area contributed by atoms with Gasteiger partial charge in [-0.25, -0.2) is 4.98 Å². The number of hydrogen-bond acceptors (Lipinski definition) is 9. The van der Waals surface area contributed by atoms with Crippen molar-refractivity contribution in [1.29, 1.82) is 0 Å². The van der Waals surface area contributed by atoms with E-state index in [0.29, 0.717) is 52.5 Å². The number of nitrogens with zero attached hydrogens (tertiary/aromatic N) is 4. The molecule has 3 saturated heterocycles. The quantitative estimate of drug-likeness (QED) is 0.211. The maximum Gasteiger partial charge on any atom is 0.264 e. The summed E-state index contributed by atoms with van der Waals surface area (Å²) in [5.41, 5.74) is 3.95. The van der Waals surface area contributed by atoms with E-state index in [1.807, 2.05) is 12.1 Å². The zero-order valence-electron chi connectivity index (χ0n) is 29.0. The Labute approximate surface area is 300 Å². The van der Waals surface area contributed by atoms with Crippen LogP contribution in [0.25, 0.3) is 10.9 Å². The number of anilines is 2. The first-order valence-electron chi connectivity index (χ1n) is 18.1. The minimum absolute atomic E-state index is 0.0837. The van der Waals surface area contributed by atoms with Gasteiger partial charge in [-0.15, -0.1) is 0 Å². The van der Waals surface area contributed by atoms with Crippen LogP contribution in [0.3, 0.4) is 0 Å². The van der Waals surface area contributed by atoms with Gasteiger partial charge in [0, 0.05) is 54.5 Å². The number of pyridine rings is 1. The molecule has 268 valence electrons. The molecule has 5 amide bonds. The van der Waals surface area contributed by atoms with E-state index in [1.54, 1.807) is 42.6 Å². The van der Waals surface area contributed by atoms with E-state index in [9.17, 15) is 24.0 Å². The third-order valence-corrected chi connectivity index (χ3v) is 11.0. The number of imide groups is 2. The van der Waals surface area contributed by atoms with Crippen molar-refractivity contribution >= 4 is 51.9 Å². The van der Waals surface area contributed by atoms with Crippen molar-refractivity contribution in [3.63, 3.8) is 0 Å². The summed E-state index contributed by atoms with van der Waals surface area (Å²) in [5.74, 6) is -0.635. The molecule has 13 heteroatoms. The molecule has 4 aliphatic heterocycles. The minimum Gasteiger partial charge on any atom is -0.494 e. The van der Waals surface area contributed by atoms with Gasteiger partial charge in [-0.2, -0.15) is 0 Å². The Morgan fingerprint density at radius 3 is 2.50 bits per heavy atom. The summed E-state index contributed by atoms with van der Waals surface area (Å²) < 4.78 is 6.04. The van der Waals surface area contributed by atoms with Crippen molar-refractivity contribution in [1.82, 2.24) is 25.1 Å². The second-order valence-corrected chi connectivity index (χ2v) is 14.2. The standard InChI is InChI=1S/C39H41N7O6/c1-44-16-3-6-30(44)29-20-25-22-40-33(21-28(25)41-29)42-36(48)24-7-9-26(10-8-24)52-19-15-23-13-17-45(18-14-23)31-5-2-4-27-35(31)39(51)46(38(27)50)32-11-12-34(47)43-37(32)49/h2,4-5,7-10,20-23,30,32,41H,3,6,11-19H2,1H3,(H,40,42,48)(H,43,47,49)/t30-,32?/m1/s1. The van der Waals surface area contributed by atoms with Gasteiger partial charge < -0.3 is 19.9 Å². The van der Waals surface area contributed by atoms with Gasteiger partial charge in [0.05, 0.1) is 28.9 Å². The van der Waals surface area contributed by atoms with E-state index in [0.717, 1.165) is 61.1 Å². The molecule has 2 atom stereocenters. The molecule has 2 aromatic carbocycles. The highest BCUT2D eigenvalue weighted by atomic mass is 16.5. The van der Waals surface area contributed by atoms with Gasteiger partial charge in [-0.3, -0.25) is 39.1 Å². The summed E-state index contributed by atoms with van der Waals surface area (Å²) in [6.45, 7) is 3.06. The van der Waals surface area contributed by atoms with Gasteiger partial charge in [0.1, 0.15) is 17.6 Å². The lowest BCUT2D eigenvalue weighted by Gasteiger charge is -2.34. The monoisotopic (exact) mass is 703 g/mol. The summed E-state index contributed by atoms with van der Waals surface area (Å²) in [5, 5.41) is 6.18. The Bertz CT molecular complexity index is 2070. The lowest BCUT2D eigenvalue weighted by atomic mass is 9.93. The number of aromatic amines is 1. The van der Waals surface area contributed by atoms with E-state index in [4.69, 9.17) is 4.74 Å². The average molecular weight is 704 g/mol. The molecule has 0 aliphatic carbocycles. The highest BCUT2D eigenvalue weighted by Gasteiger charge is 2.46. The minimum atomic E-state index is -0.988. The number of aromatic nitrogens is 2. The number of fused-ring (bicyclic) bond motifs is 2. The number of ether oxygens (including phenoxy) is 1. The second kappa shape index (κ2) is 13.9. The van der Waals surface area contributed by atoms with Gasteiger partial charge in [0.2, 0.25) is 11.8 Å². The smallest absolute Gasteiger partial charge is 0.264 e. The van der Waals surface area contributed by atoms with Gasteiger partial charge in [-0.1, -0.05) is 6.07 Å². The number of nitrogens with one attached hydrogen (secondary N) is 3. The lowest BCUT2D eigenvalue weighted by Crippen LogP contribution is -2.54. The van der Waals surface area contributed by atoms with E-state index in [2.05, 4.69) is 43.5 Å². The van der Waals surface area contributed by atoms with Crippen LogP contribution in [0, 0.1) is 5.92 Å². The number of benzene rings is 2. The molecule has 13 nitrogen and oxygen atoms in total. The first-order valence-corrected chi connectivity index (χ1v) is 18.1. The summed E-state index contributed by atoms with van der Waals surface area (Å²) in [6, 6.07) is 15.8. The summed E-state index contributed by atoms with van der Waals surface area (Å²) in [6.07, 6.45) is 6.96. The predicted molar refractivity (Wildman–Crippen MR) is 193 cm³/mol. The molecule has 4 aromatic rings. The Hall–Kier alpha value is -5.56. The van der Waals surface area contributed by atoms with Crippen LogP contribution in [-0.2, 0) is 9.59 Å². The fourth-order valence-corrected chi connectivity index (χ4v) is 8.06. The summed E-state index contributed by atoms with van der Waals surface area (Å²) in [7, 11) is 2.14. The Morgan fingerprint density at radius 1 is 0.942 bits per heavy atom. The van der Waals surface area contributed by atoms with Crippen LogP contribution in [0.15, 0.2) is 60.8 Å². The first-order chi connectivity index (χ1) is 25.2. The Kier molecular flexibility index (Phi) is 8.96. The average Bonchev–Trinajstić information content (AvgIpc) is 3.84. The van der Waals surface area contributed by atoms with Crippen LogP contribution in [0.1, 0.15) is 87.8 Å². The van der Waals surface area contributed by atoms with Crippen molar-refractivity contribution in [2.24, 2.45) is 5.92 Å². The van der Waals surface area contributed by atoms with Crippen molar-refractivity contribution in [2.45, 2.75) is 57.0 Å². The molecule has 52 heavy (non-hydrogen) atoms. The van der Waals surface area contributed by atoms with Gasteiger partial charge in [0.15, 0.2) is 0 Å². The molecular weight excluding hydrogens is 662 g/mol. The highest BCUT2D eigenvalue weighted by molar-refractivity contribution is 6.25. The number of hydrogen-bond donors (Lipinski definition) is 3. The number of H-pyrrole nitrogens is 1. The van der Waals surface area contributed by atoms with E-state index >= 15 is 0 Å². The van der Waals surface area contributed by atoms with Gasteiger partial charge >= 0.3 is 0 Å². The Balaban J connectivity index is 0.815. The zero-order chi connectivity index (χ0) is 35.9. The number of piperidine rings is 2. The largest absolute Gasteiger partial charge is 0.494 e. The van der Waals surface area contributed by atoms with Crippen molar-refractivity contribution in [3.8, 4) is 5.75 Å². The lowest BCUT2D eigenvalue weighted by molar-refractivity contribution is -0.136. The third-order valence-electron chi connectivity index (χ3n) is 11.0. The molecule has 0 saturated carbocycles. The van der Waals surface area contributed by atoms with Crippen LogP contribution in [0.5, 0.6) is 5.75 Å². The Morgan fingerprint density at radius 2 is 1.75 bits per heavy atom. The number of amides is 5. The molecule has 0 bridgehead atoms. The fraction of sp³-hybridized carbons (Fsp3) is 0.385. The fourth-order valence-electron chi connectivity index (χ4n) is 8.06. The number of carbonyl (C=O) groups excluding carboxylic acids is 5. The second-order valence-electron chi connectivity index (χ2n) is 14.2. The molecule has 0 spiro atoms. The first kappa shape index (κ1) is 33.6. The maximum atomic E-state index is 13.5. The van der Waals surface area contributed by atoms with E-state index < -0.39 is 29.7 Å². The van der Waals surface area contributed by atoms with Crippen molar-refractivity contribution in [3.05, 3.63) is 83.2 Å². The SMILES string of the molecule is CN1CCC[C@@H]1c1cc2cnc(NC(=O)c3ccc(OCCC4CCN(c5cccc6c5C(=O)N(C5CCC(=O)NC5=O)C6=O)CC4)cc3)cc2[nH]1. The van der Waals surface area contributed by atoms with Crippen molar-refractivity contribution < 1.29 is 28.7 Å². The normalized spacial score (nSPS) is 21.2. The van der Waals surface area contributed by atoms with Crippen LogP contribution < -0.4 is 20.3 Å². The molecule has 4 aliphatic rings. The summed E-state index contributed by atoms with van der Waals surface area (Å²) in [4.78, 5) is 77.4. The molecule has 0 radical (unpaired) electrons. The maximum absolute atomic E-state index is 13.5. The molecular formula is C39H41N7O6. The van der Waals surface area contributed by atoms with Crippen LogP contribution in [-0.4, -0.2) is 88.6 Å². The molecule has 3 fully saturated rings. The van der Waals surface area contributed by atoms with Crippen LogP contribution in [0.2, 0.25) is 0 Å². The van der Waals surface area contributed by atoms with Crippen LogP contribution >= 0.6 is 0 Å². The summed E-state index contributed by atoms with van der Waals surface area (Å²) >= 11 is 0. The van der Waals surface area contributed by atoms with E-state index in [-0.39, 0.29) is 18.7 Å². The molecule has 8 rings (SSSR count). The van der Waals surface area contributed by atoms with E-state index in [1.165, 1.54) is 12.1 Å². The molecule has 6 heterocycles. The topological polar surface area (TPSA) is 157 Å². The predicted octanol–water partition coefficient (Wildman–Crippen LogP) is 4.67. The number of rotatable bonds is 9. The number of carbonyl (C=O) groups is 5. The van der Waals surface area contributed by atoms with Gasteiger partial charge in [-0.05, 0) is 100 Å². The molecule has 2 aromatic heterocycles. The zero-order valence-corrected chi connectivity index (χ0v) is 29.0. The molecule has 1 unspecified atom stereocenters. The van der Waals surface area contributed by atoms with Crippen molar-refractivity contribution in [2.75, 3.05) is 43.5 Å². The highest BCUT2D eigenvalue weighted by Crippen LogP contribution is 2.36.